The van der Waals surface area contributed by atoms with E-state index >= 15 is 0 Å². The first kappa shape index (κ1) is 17.8. The Balaban J connectivity index is 2.01. The first-order chi connectivity index (χ1) is 13.4. The molecule has 4 rings (SSSR count). The van der Waals surface area contributed by atoms with Crippen molar-refractivity contribution in [3.05, 3.63) is 114 Å². The molecule has 0 nitrogen and oxygen atoms in total. The molecule has 0 amide bonds. The lowest BCUT2D eigenvalue weighted by molar-refractivity contribution is 0.927. The molecule has 0 aromatic heterocycles. The maximum atomic E-state index is 2.52. The van der Waals surface area contributed by atoms with Gasteiger partial charge >= 0.3 is 0 Å². The van der Waals surface area contributed by atoms with Crippen LogP contribution in [-0.4, -0.2) is 8.07 Å². The summed E-state index contributed by atoms with van der Waals surface area (Å²) in [5.41, 5.74) is 1.51. The van der Waals surface area contributed by atoms with Gasteiger partial charge in [-0.2, -0.15) is 0 Å². The van der Waals surface area contributed by atoms with Crippen LogP contribution in [0.1, 0.15) is 26.2 Å². The molecule has 0 radical (unpaired) electrons. The average Bonchev–Trinajstić information content (AvgIpc) is 3.20. The Morgan fingerprint density at radius 3 is 1.52 bits per heavy atom. The molecule has 27 heavy (non-hydrogen) atoms. The van der Waals surface area contributed by atoms with Gasteiger partial charge in [-0.15, -0.1) is 0 Å². The lowest BCUT2D eigenvalue weighted by Crippen LogP contribution is -2.68. The Labute approximate surface area is 163 Å². The van der Waals surface area contributed by atoms with Crippen LogP contribution in [0.15, 0.2) is 114 Å². The van der Waals surface area contributed by atoms with Crippen molar-refractivity contribution in [1.82, 2.24) is 0 Å². The summed E-state index contributed by atoms with van der Waals surface area (Å²) in [6.07, 6.45) is 8.41. The summed E-state index contributed by atoms with van der Waals surface area (Å²) in [5, 5.41) is 6.02. The average molecular weight is 367 g/mol. The van der Waals surface area contributed by atoms with Crippen LogP contribution in [0.2, 0.25) is 0 Å². The predicted octanol–water partition coefficient (Wildman–Crippen LogP) is 4.75. The van der Waals surface area contributed by atoms with Crippen LogP contribution in [0.5, 0.6) is 0 Å². The summed E-state index contributed by atoms with van der Waals surface area (Å²) in [4.78, 5) is 0. The molecule has 0 unspecified atom stereocenters. The SMILES string of the molecule is CCCC1=CCC([Si](c2ccccc2)(c2ccccc2)c2ccccc2)=C1. The predicted molar refractivity (Wildman–Crippen MR) is 120 cm³/mol. The van der Waals surface area contributed by atoms with E-state index in [2.05, 4.69) is 110 Å². The van der Waals surface area contributed by atoms with Crippen LogP contribution in [0.4, 0.5) is 0 Å². The van der Waals surface area contributed by atoms with Gasteiger partial charge in [-0.1, -0.05) is 127 Å². The van der Waals surface area contributed by atoms with Crippen molar-refractivity contribution in [3.8, 4) is 0 Å². The van der Waals surface area contributed by atoms with Gasteiger partial charge in [0.15, 0.2) is 8.07 Å². The molecule has 0 fully saturated rings. The van der Waals surface area contributed by atoms with E-state index in [1.54, 1.807) is 5.20 Å². The third-order valence-electron chi connectivity index (χ3n) is 5.58. The lowest BCUT2D eigenvalue weighted by Gasteiger charge is -2.35. The van der Waals surface area contributed by atoms with Gasteiger partial charge in [0.2, 0.25) is 0 Å². The minimum Gasteiger partial charge on any atom is -0.0776 e. The van der Waals surface area contributed by atoms with Crippen molar-refractivity contribution in [2.24, 2.45) is 0 Å². The van der Waals surface area contributed by atoms with Crippen molar-refractivity contribution in [3.63, 3.8) is 0 Å². The van der Waals surface area contributed by atoms with Gasteiger partial charge in [-0.25, -0.2) is 0 Å². The van der Waals surface area contributed by atoms with Crippen molar-refractivity contribution in [1.29, 1.82) is 0 Å². The third kappa shape index (κ3) is 3.24. The Morgan fingerprint density at radius 1 is 0.667 bits per heavy atom. The largest absolute Gasteiger partial charge is 0.175 e. The maximum absolute atomic E-state index is 2.52. The standard InChI is InChI=1S/C26H26Si/c1-2-12-22-19-20-26(21-22)27(23-13-6-3-7-14-23,24-15-8-4-9-16-24)25-17-10-5-11-18-25/h3-11,13-19,21H,2,12,20H2,1H3. The lowest BCUT2D eigenvalue weighted by atomic mass is 10.2. The summed E-state index contributed by atoms with van der Waals surface area (Å²) >= 11 is 0. The molecular formula is C26H26Si. The summed E-state index contributed by atoms with van der Waals surface area (Å²) in [6.45, 7) is 2.27. The molecule has 0 spiro atoms. The highest BCUT2D eigenvalue weighted by Gasteiger charge is 2.43. The minimum absolute atomic E-state index is 1.07. The first-order valence-electron chi connectivity index (χ1n) is 9.92. The van der Waals surface area contributed by atoms with Crippen LogP contribution in [0.25, 0.3) is 0 Å². The van der Waals surface area contributed by atoms with Crippen LogP contribution >= 0.6 is 0 Å². The van der Waals surface area contributed by atoms with Crippen molar-refractivity contribution >= 4 is 23.6 Å². The zero-order valence-corrected chi connectivity index (χ0v) is 16.9. The van der Waals surface area contributed by atoms with Gasteiger partial charge in [0.25, 0.3) is 0 Å². The molecule has 0 bridgehead atoms. The smallest absolute Gasteiger partial charge is 0.0776 e. The second-order valence-electron chi connectivity index (χ2n) is 7.25. The quantitative estimate of drug-likeness (QED) is 0.436. The number of hydrogen-bond acceptors (Lipinski definition) is 0. The van der Waals surface area contributed by atoms with Crippen molar-refractivity contribution in [2.45, 2.75) is 26.2 Å². The Kier molecular flexibility index (Phi) is 5.22. The molecule has 0 atom stereocenters. The van der Waals surface area contributed by atoms with E-state index in [-0.39, 0.29) is 0 Å². The highest BCUT2D eigenvalue weighted by molar-refractivity contribution is 7.16. The highest BCUT2D eigenvalue weighted by Crippen LogP contribution is 2.29. The molecule has 0 saturated heterocycles. The van der Waals surface area contributed by atoms with Gasteiger partial charge in [0, 0.05) is 0 Å². The fourth-order valence-corrected chi connectivity index (χ4v) is 9.43. The topological polar surface area (TPSA) is 0 Å². The second-order valence-corrected chi connectivity index (χ2v) is 11.1. The van der Waals surface area contributed by atoms with E-state index < -0.39 is 8.07 Å². The van der Waals surface area contributed by atoms with E-state index in [0.717, 1.165) is 6.42 Å². The third-order valence-corrected chi connectivity index (χ3v) is 10.5. The molecule has 134 valence electrons. The van der Waals surface area contributed by atoms with Crippen LogP contribution in [0.3, 0.4) is 0 Å². The van der Waals surface area contributed by atoms with Gasteiger partial charge in [-0.05, 0) is 28.4 Å². The van der Waals surface area contributed by atoms with Gasteiger partial charge in [0.05, 0.1) is 0 Å². The summed E-state index contributed by atoms with van der Waals surface area (Å²) in [6, 6.07) is 33.6. The monoisotopic (exact) mass is 366 g/mol. The summed E-state index contributed by atoms with van der Waals surface area (Å²) in [5.74, 6) is 0. The van der Waals surface area contributed by atoms with Crippen LogP contribution < -0.4 is 15.6 Å². The molecule has 0 heterocycles. The normalized spacial score (nSPS) is 14.0. The van der Waals surface area contributed by atoms with Gasteiger partial charge in [-0.3, -0.25) is 0 Å². The number of benzene rings is 3. The fraction of sp³-hybridized carbons (Fsp3) is 0.154. The molecule has 3 aromatic carbocycles. The zero-order chi connectivity index (χ0) is 18.5. The summed E-state index contributed by atoms with van der Waals surface area (Å²) in [7, 11) is -2.25. The molecule has 0 saturated carbocycles. The zero-order valence-electron chi connectivity index (χ0n) is 15.9. The van der Waals surface area contributed by atoms with Crippen molar-refractivity contribution < 1.29 is 0 Å². The highest BCUT2D eigenvalue weighted by atomic mass is 28.3. The van der Waals surface area contributed by atoms with E-state index in [0.29, 0.717) is 0 Å². The molecule has 1 aliphatic rings. The maximum Gasteiger partial charge on any atom is 0.175 e. The van der Waals surface area contributed by atoms with E-state index in [1.807, 2.05) is 0 Å². The minimum atomic E-state index is -2.25. The molecule has 1 heteroatoms. The van der Waals surface area contributed by atoms with E-state index in [1.165, 1.54) is 34.0 Å². The molecule has 3 aromatic rings. The molecule has 0 aliphatic heterocycles. The van der Waals surface area contributed by atoms with Gasteiger partial charge < -0.3 is 0 Å². The Bertz CT molecular complexity index is 841. The summed E-state index contributed by atoms with van der Waals surface area (Å²) < 4.78 is 0. The number of hydrogen-bond donors (Lipinski definition) is 0. The van der Waals surface area contributed by atoms with Gasteiger partial charge in [0.1, 0.15) is 0 Å². The number of rotatable bonds is 6. The Hall–Kier alpha value is -2.64. The Morgan fingerprint density at radius 2 is 1.11 bits per heavy atom. The first-order valence-corrected chi connectivity index (χ1v) is 11.9. The van der Waals surface area contributed by atoms with E-state index in [4.69, 9.17) is 0 Å². The molecular weight excluding hydrogens is 340 g/mol. The van der Waals surface area contributed by atoms with Crippen LogP contribution in [-0.2, 0) is 0 Å². The number of allylic oxidation sites excluding steroid dienone is 4. The fourth-order valence-electron chi connectivity index (χ4n) is 4.43. The van der Waals surface area contributed by atoms with E-state index in [9.17, 15) is 0 Å². The van der Waals surface area contributed by atoms with Crippen molar-refractivity contribution in [2.75, 3.05) is 0 Å². The van der Waals surface area contributed by atoms with Crippen LogP contribution in [0, 0.1) is 0 Å². The second kappa shape index (κ2) is 7.94. The molecule has 1 aliphatic carbocycles. The molecule has 0 N–H and O–H groups in total.